The van der Waals surface area contributed by atoms with E-state index in [1.807, 2.05) is 17.2 Å². The van der Waals surface area contributed by atoms with E-state index in [0.29, 0.717) is 31.0 Å². The van der Waals surface area contributed by atoms with Crippen LogP contribution in [0.3, 0.4) is 0 Å². The summed E-state index contributed by atoms with van der Waals surface area (Å²) >= 11 is 0. The molecule has 2 aliphatic rings. The van der Waals surface area contributed by atoms with Crippen LogP contribution in [-0.2, 0) is 6.54 Å². The lowest BCUT2D eigenvalue weighted by Crippen LogP contribution is -2.48. The van der Waals surface area contributed by atoms with Crippen molar-refractivity contribution in [2.45, 2.75) is 70.2 Å². The van der Waals surface area contributed by atoms with Crippen LogP contribution in [0.4, 0.5) is 0 Å². The maximum atomic E-state index is 12.9. The number of nitrogens with one attached hydrogen (secondary N) is 1. The Hall–Kier alpha value is -2.15. The number of hydrogen-bond acceptors (Lipinski definition) is 4. The predicted molar refractivity (Wildman–Crippen MR) is 92.2 cm³/mol. The molecule has 3 atom stereocenters. The lowest BCUT2D eigenvalue weighted by Gasteiger charge is -2.36. The molecule has 1 amide bonds. The van der Waals surface area contributed by atoms with Gasteiger partial charge in [0.25, 0.3) is 5.91 Å². The van der Waals surface area contributed by atoms with Gasteiger partial charge in [0.05, 0.1) is 18.3 Å². The molecule has 2 aromatic rings. The fourth-order valence-electron chi connectivity index (χ4n) is 4.30. The van der Waals surface area contributed by atoms with Crippen molar-refractivity contribution in [3.63, 3.8) is 0 Å². The van der Waals surface area contributed by atoms with Gasteiger partial charge in [-0.25, -0.2) is 4.98 Å². The summed E-state index contributed by atoms with van der Waals surface area (Å²) in [5, 5.41) is 17.2. The third-order valence-electron chi connectivity index (χ3n) is 5.40. The number of piperidine rings is 1. The maximum Gasteiger partial charge on any atom is 0.274 e. The zero-order chi connectivity index (χ0) is 17.6. The van der Waals surface area contributed by atoms with Crippen LogP contribution in [-0.4, -0.2) is 53.8 Å². The van der Waals surface area contributed by atoms with Crippen LogP contribution in [0.15, 0.2) is 18.5 Å². The van der Waals surface area contributed by atoms with E-state index < -0.39 is 0 Å². The summed E-state index contributed by atoms with van der Waals surface area (Å²) in [6, 6.07) is 2.15. The maximum absolute atomic E-state index is 12.9. The molecule has 0 spiro atoms. The van der Waals surface area contributed by atoms with E-state index in [1.165, 1.54) is 0 Å². The van der Waals surface area contributed by atoms with Gasteiger partial charge < -0.3 is 14.6 Å². The molecule has 2 saturated heterocycles. The third-order valence-corrected chi connectivity index (χ3v) is 5.40. The molecule has 4 rings (SSSR count). The van der Waals surface area contributed by atoms with Crippen LogP contribution in [0.5, 0.6) is 0 Å². The van der Waals surface area contributed by atoms with Gasteiger partial charge in [0, 0.05) is 30.4 Å². The van der Waals surface area contributed by atoms with Crippen LogP contribution < -0.4 is 0 Å². The lowest BCUT2D eigenvalue weighted by molar-refractivity contribution is 0.0282. The zero-order valence-corrected chi connectivity index (χ0v) is 14.7. The molecular formula is C18H25N5O2. The molecule has 7 heteroatoms. The van der Waals surface area contributed by atoms with Crippen LogP contribution in [0, 0.1) is 0 Å². The van der Waals surface area contributed by atoms with E-state index in [0.717, 1.165) is 24.4 Å². The molecular weight excluding hydrogens is 318 g/mol. The van der Waals surface area contributed by atoms with Crippen molar-refractivity contribution in [3.05, 3.63) is 35.7 Å². The summed E-state index contributed by atoms with van der Waals surface area (Å²) in [6.07, 6.45) is 6.82. The number of aliphatic hydroxyl groups is 1. The SMILES string of the molecule is CC(C)c1nccn1Cc1cc(C(=O)N2[C@@H]3CC[C@H]2CC(O)C3)n[nH]1. The number of imidazole rings is 1. The minimum absolute atomic E-state index is 0.0170. The number of fused-ring (bicyclic) bond motifs is 2. The second-order valence-corrected chi connectivity index (χ2v) is 7.57. The number of hydrogen-bond donors (Lipinski definition) is 2. The quantitative estimate of drug-likeness (QED) is 0.888. The molecule has 0 saturated carbocycles. The first-order valence-electron chi connectivity index (χ1n) is 9.09. The Balaban J connectivity index is 1.50. The summed E-state index contributed by atoms with van der Waals surface area (Å²) < 4.78 is 2.08. The average molecular weight is 343 g/mol. The Bertz CT molecular complexity index is 751. The topological polar surface area (TPSA) is 87.0 Å². The van der Waals surface area contributed by atoms with E-state index in [9.17, 15) is 9.90 Å². The first kappa shape index (κ1) is 16.3. The van der Waals surface area contributed by atoms with Gasteiger partial charge in [0.15, 0.2) is 0 Å². The minimum Gasteiger partial charge on any atom is -0.393 e. The van der Waals surface area contributed by atoms with Crippen molar-refractivity contribution in [3.8, 4) is 0 Å². The van der Waals surface area contributed by atoms with Crippen LogP contribution >= 0.6 is 0 Å². The Morgan fingerprint density at radius 3 is 2.76 bits per heavy atom. The summed E-state index contributed by atoms with van der Waals surface area (Å²) in [6.45, 7) is 4.85. The minimum atomic E-state index is -0.271. The van der Waals surface area contributed by atoms with E-state index in [2.05, 4.69) is 33.6 Å². The Morgan fingerprint density at radius 2 is 2.08 bits per heavy atom. The number of carbonyl (C=O) groups is 1. The van der Waals surface area contributed by atoms with Gasteiger partial charge in [-0.05, 0) is 31.7 Å². The fraction of sp³-hybridized carbons (Fsp3) is 0.611. The third kappa shape index (κ3) is 2.97. The second kappa shape index (κ2) is 6.29. The standard InChI is InChI=1S/C18H25N5O2/c1-11(2)17-19-5-6-22(17)10-12-7-16(21-20-12)18(25)23-13-3-4-14(23)9-15(24)8-13/h5-7,11,13-15,24H,3-4,8-10H2,1-2H3,(H,20,21)/t13-,14+,15?. The first-order chi connectivity index (χ1) is 12.0. The molecule has 1 unspecified atom stereocenters. The normalized spacial score (nSPS) is 25.8. The summed E-state index contributed by atoms with van der Waals surface area (Å²) in [7, 11) is 0. The summed E-state index contributed by atoms with van der Waals surface area (Å²) in [5.74, 6) is 1.34. The van der Waals surface area contributed by atoms with Crippen molar-refractivity contribution in [1.29, 1.82) is 0 Å². The Morgan fingerprint density at radius 1 is 1.36 bits per heavy atom. The van der Waals surface area contributed by atoms with Gasteiger partial charge in [-0.15, -0.1) is 0 Å². The Kier molecular flexibility index (Phi) is 4.11. The molecule has 25 heavy (non-hydrogen) atoms. The van der Waals surface area contributed by atoms with Crippen molar-refractivity contribution >= 4 is 5.91 Å². The number of rotatable bonds is 4. The van der Waals surface area contributed by atoms with E-state index in [1.54, 1.807) is 6.20 Å². The molecule has 2 bridgehead atoms. The van der Waals surface area contributed by atoms with Crippen LogP contribution in [0.25, 0.3) is 0 Å². The number of amides is 1. The van der Waals surface area contributed by atoms with Crippen LogP contribution in [0.2, 0.25) is 0 Å². The van der Waals surface area contributed by atoms with Gasteiger partial charge in [-0.3, -0.25) is 9.89 Å². The fourth-order valence-corrected chi connectivity index (χ4v) is 4.30. The van der Waals surface area contributed by atoms with E-state index >= 15 is 0 Å². The van der Waals surface area contributed by atoms with Crippen LogP contribution in [0.1, 0.15) is 67.5 Å². The highest BCUT2D eigenvalue weighted by Crippen LogP contribution is 2.36. The number of H-pyrrole nitrogens is 1. The molecule has 0 aromatic carbocycles. The Labute approximate surface area is 147 Å². The molecule has 0 radical (unpaired) electrons. The second-order valence-electron chi connectivity index (χ2n) is 7.57. The average Bonchev–Trinajstić information content (AvgIpc) is 3.26. The molecule has 2 aromatic heterocycles. The van der Waals surface area contributed by atoms with Gasteiger partial charge in [0.1, 0.15) is 11.5 Å². The number of aromatic nitrogens is 4. The number of aromatic amines is 1. The van der Waals surface area contributed by atoms with Crippen molar-refractivity contribution in [2.24, 2.45) is 0 Å². The van der Waals surface area contributed by atoms with Crippen molar-refractivity contribution < 1.29 is 9.90 Å². The molecule has 2 N–H and O–H groups in total. The van der Waals surface area contributed by atoms with Gasteiger partial charge in [-0.2, -0.15) is 5.10 Å². The number of aliphatic hydroxyl groups excluding tert-OH is 1. The van der Waals surface area contributed by atoms with Crippen molar-refractivity contribution in [1.82, 2.24) is 24.6 Å². The van der Waals surface area contributed by atoms with Crippen molar-refractivity contribution in [2.75, 3.05) is 0 Å². The summed E-state index contributed by atoms with van der Waals surface area (Å²) in [4.78, 5) is 19.2. The van der Waals surface area contributed by atoms with E-state index in [-0.39, 0.29) is 24.1 Å². The lowest BCUT2D eigenvalue weighted by atomic mass is 9.99. The van der Waals surface area contributed by atoms with Gasteiger partial charge in [-0.1, -0.05) is 13.8 Å². The molecule has 0 aliphatic carbocycles. The highest BCUT2D eigenvalue weighted by atomic mass is 16.3. The summed E-state index contributed by atoms with van der Waals surface area (Å²) in [5.41, 5.74) is 1.36. The largest absolute Gasteiger partial charge is 0.393 e. The molecule has 2 fully saturated rings. The smallest absolute Gasteiger partial charge is 0.274 e. The van der Waals surface area contributed by atoms with Gasteiger partial charge >= 0.3 is 0 Å². The molecule has 4 heterocycles. The van der Waals surface area contributed by atoms with Gasteiger partial charge in [0.2, 0.25) is 0 Å². The molecule has 134 valence electrons. The van der Waals surface area contributed by atoms with E-state index in [4.69, 9.17) is 0 Å². The number of nitrogens with zero attached hydrogens (tertiary/aromatic N) is 4. The monoisotopic (exact) mass is 343 g/mol. The first-order valence-corrected chi connectivity index (χ1v) is 9.09. The number of carbonyl (C=O) groups excluding carboxylic acids is 1. The predicted octanol–water partition coefficient (Wildman–Crippen LogP) is 1.91. The molecule has 2 aliphatic heterocycles. The zero-order valence-electron chi connectivity index (χ0n) is 14.7. The highest BCUT2D eigenvalue weighted by Gasteiger charge is 2.43. The molecule has 7 nitrogen and oxygen atoms in total. The highest BCUT2D eigenvalue weighted by molar-refractivity contribution is 5.93.